The van der Waals surface area contributed by atoms with Crippen molar-refractivity contribution in [1.82, 2.24) is 5.32 Å². The molecule has 4 N–H and O–H groups in total. The lowest BCUT2D eigenvalue weighted by Gasteiger charge is -2.18. The van der Waals surface area contributed by atoms with Crippen molar-refractivity contribution < 1.29 is 27.1 Å². The van der Waals surface area contributed by atoms with Crippen LogP contribution >= 0.6 is 0 Å². The first kappa shape index (κ1) is 16.6. The summed E-state index contributed by atoms with van der Waals surface area (Å²) in [6.07, 6.45) is 0. The van der Waals surface area contributed by atoms with Gasteiger partial charge >= 0.3 is 10.4 Å². The van der Waals surface area contributed by atoms with Gasteiger partial charge in [0.15, 0.2) is 0 Å². The molecule has 9 heteroatoms. The Bertz CT molecular complexity index is 483. The normalized spacial score (nSPS) is 17.8. The molecule has 0 aromatic rings. The molecular weight excluding hydrogens is 264 g/mol. The molecule has 1 aliphatic rings. The molecule has 0 aromatic carbocycles. The lowest BCUT2D eigenvalue weighted by molar-refractivity contribution is -0.116. The molecule has 104 valence electrons. The maximum Gasteiger partial charge on any atom is 0.394 e. The summed E-state index contributed by atoms with van der Waals surface area (Å²) < 4.78 is 36.8. The van der Waals surface area contributed by atoms with Crippen LogP contribution in [0.5, 0.6) is 0 Å². The van der Waals surface area contributed by atoms with Crippen LogP contribution in [0, 0.1) is 5.41 Å². The zero-order valence-electron chi connectivity index (χ0n) is 10.4. The topological polar surface area (TPSA) is 137 Å². The molecule has 0 aromatic heterocycles. The number of ether oxygens (including phenoxy) is 1. The Morgan fingerprint density at radius 2 is 1.78 bits per heavy atom. The van der Waals surface area contributed by atoms with Gasteiger partial charge in [-0.1, -0.05) is 0 Å². The maximum absolute atomic E-state index is 11.3. The van der Waals surface area contributed by atoms with Crippen molar-refractivity contribution in [3.63, 3.8) is 0 Å². The second-order valence-electron chi connectivity index (χ2n) is 3.97. The van der Waals surface area contributed by atoms with Gasteiger partial charge in [-0.2, -0.15) is 8.42 Å². The zero-order chi connectivity index (χ0) is 14.7. The number of carbonyl (C=O) groups is 1. The smallest absolute Gasteiger partial charge is 0.394 e. The zero-order valence-corrected chi connectivity index (χ0v) is 11.3. The minimum absolute atomic E-state index is 0.0400. The van der Waals surface area contributed by atoms with E-state index in [4.69, 9.17) is 27.7 Å². The van der Waals surface area contributed by atoms with Crippen LogP contribution in [0.25, 0.3) is 0 Å². The predicted molar refractivity (Wildman–Crippen MR) is 63.8 cm³/mol. The molecule has 0 radical (unpaired) electrons. The van der Waals surface area contributed by atoms with E-state index in [1.54, 1.807) is 7.05 Å². The molecule has 0 saturated carbocycles. The van der Waals surface area contributed by atoms with Gasteiger partial charge in [0.2, 0.25) is 5.90 Å². The summed E-state index contributed by atoms with van der Waals surface area (Å²) in [4.78, 5) is 11.3. The van der Waals surface area contributed by atoms with Gasteiger partial charge in [-0.05, 0) is 26.3 Å². The van der Waals surface area contributed by atoms with Gasteiger partial charge in [-0.25, -0.2) is 0 Å². The monoisotopic (exact) mass is 280 g/mol. The van der Waals surface area contributed by atoms with Gasteiger partial charge < -0.3 is 10.1 Å². The SMILES string of the molecule is CNC(=O)C1=C(C)C(C)(C)OC1=N.O=S(=O)(O)O. The quantitative estimate of drug-likeness (QED) is 0.506. The summed E-state index contributed by atoms with van der Waals surface area (Å²) >= 11 is 0. The van der Waals surface area contributed by atoms with Crippen molar-refractivity contribution in [2.45, 2.75) is 26.4 Å². The molecule has 1 amide bonds. The third kappa shape index (κ3) is 4.82. The Morgan fingerprint density at radius 3 is 2.00 bits per heavy atom. The van der Waals surface area contributed by atoms with E-state index in [9.17, 15) is 4.79 Å². The fourth-order valence-corrected chi connectivity index (χ4v) is 1.25. The van der Waals surface area contributed by atoms with Gasteiger partial charge in [0, 0.05) is 7.05 Å². The number of hydrogen-bond donors (Lipinski definition) is 4. The highest BCUT2D eigenvalue weighted by Crippen LogP contribution is 2.31. The molecular formula is C9H16N2O6S. The molecule has 8 nitrogen and oxygen atoms in total. The van der Waals surface area contributed by atoms with E-state index in [1.807, 2.05) is 20.8 Å². The number of hydrogen-bond acceptors (Lipinski definition) is 5. The van der Waals surface area contributed by atoms with E-state index >= 15 is 0 Å². The van der Waals surface area contributed by atoms with Crippen LogP contribution in [-0.4, -0.2) is 42.0 Å². The van der Waals surface area contributed by atoms with Crippen LogP contribution in [0.2, 0.25) is 0 Å². The summed E-state index contributed by atoms with van der Waals surface area (Å²) in [5.74, 6) is -0.296. The van der Waals surface area contributed by atoms with Crippen molar-refractivity contribution in [3.8, 4) is 0 Å². The van der Waals surface area contributed by atoms with E-state index in [1.165, 1.54) is 0 Å². The van der Waals surface area contributed by atoms with Crippen LogP contribution in [-0.2, 0) is 19.9 Å². The maximum atomic E-state index is 11.3. The largest absolute Gasteiger partial charge is 0.467 e. The molecule has 0 fully saturated rings. The van der Waals surface area contributed by atoms with Crippen molar-refractivity contribution in [2.24, 2.45) is 0 Å². The van der Waals surface area contributed by atoms with Gasteiger partial charge in [0.05, 0.1) is 0 Å². The molecule has 0 spiro atoms. The van der Waals surface area contributed by atoms with Crippen molar-refractivity contribution in [3.05, 3.63) is 11.1 Å². The molecule has 0 saturated heterocycles. The molecule has 0 bridgehead atoms. The lowest BCUT2D eigenvalue weighted by Crippen LogP contribution is -2.23. The van der Waals surface area contributed by atoms with Crippen LogP contribution in [0.4, 0.5) is 0 Å². The Hall–Kier alpha value is -1.45. The molecule has 0 unspecified atom stereocenters. The first-order valence-electron chi connectivity index (χ1n) is 4.81. The highest BCUT2D eigenvalue weighted by atomic mass is 32.3. The first-order chi connectivity index (χ1) is 7.90. The van der Waals surface area contributed by atoms with E-state index in [0.717, 1.165) is 5.57 Å². The average molecular weight is 280 g/mol. The van der Waals surface area contributed by atoms with Gasteiger partial charge in [-0.15, -0.1) is 0 Å². The second kappa shape index (κ2) is 5.46. The number of carbonyl (C=O) groups excluding carboxylic acids is 1. The number of amides is 1. The highest BCUT2D eigenvalue weighted by Gasteiger charge is 2.38. The fraction of sp³-hybridized carbons (Fsp3) is 0.556. The third-order valence-electron chi connectivity index (χ3n) is 2.32. The number of likely N-dealkylation sites (N-methyl/N-ethyl adjacent to an activating group) is 1. The van der Waals surface area contributed by atoms with Crippen LogP contribution in [0.15, 0.2) is 11.1 Å². The van der Waals surface area contributed by atoms with E-state index < -0.39 is 16.0 Å². The van der Waals surface area contributed by atoms with Crippen LogP contribution in [0.3, 0.4) is 0 Å². The summed E-state index contributed by atoms with van der Waals surface area (Å²) in [5, 5.41) is 9.97. The number of nitrogens with one attached hydrogen (secondary N) is 2. The van der Waals surface area contributed by atoms with E-state index in [0.29, 0.717) is 5.57 Å². The minimum atomic E-state index is -4.67. The van der Waals surface area contributed by atoms with Gasteiger partial charge in [-0.3, -0.25) is 19.3 Å². The van der Waals surface area contributed by atoms with Crippen LogP contribution in [0.1, 0.15) is 20.8 Å². The van der Waals surface area contributed by atoms with Crippen molar-refractivity contribution in [2.75, 3.05) is 7.05 Å². The Kier molecular flexibility index (Phi) is 5.02. The molecule has 0 aliphatic carbocycles. The molecule has 1 rings (SSSR count). The lowest BCUT2D eigenvalue weighted by atomic mass is 9.97. The van der Waals surface area contributed by atoms with Gasteiger partial charge in [0.1, 0.15) is 11.2 Å². The summed E-state index contributed by atoms with van der Waals surface area (Å²) in [6, 6.07) is 0. The van der Waals surface area contributed by atoms with Gasteiger partial charge in [0.25, 0.3) is 5.91 Å². The van der Waals surface area contributed by atoms with Crippen LogP contribution < -0.4 is 5.32 Å². The molecule has 1 aliphatic heterocycles. The fourth-order valence-electron chi connectivity index (χ4n) is 1.25. The van der Waals surface area contributed by atoms with Crippen molar-refractivity contribution >= 4 is 22.2 Å². The molecule has 18 heavy (non-hydrogen) atoms. The molecule has 0 atom stereocenters. The Morgan fingerprint density at radius 1 is 1.39 bits per heavy atom. The average Bonchev–Trinajstić information content (AvgIpc) is 2.32. The summed E-state index contributed by atoms with van der Waals surface area (Å²) in [6.45, 7) is 5.49. The Labute approximate surface area is 105 Å². The predicted octanol–water partition coefficient (Wildman–Crippen LogP) is 0.182. The summed E-state index contributed by atoms with van der Waals surface area (Å²) in [5.41, 5.74) is 0.628. The first-order valence-corrected chi connectivity index (χ1v) is 6.21. The minimum Gasteiger partial charge on any atom is -0.467 e. The van der Waals surface area contributed by atoms with Crippen molar-refractivity contribution in [1.29, 1.82) is 5.41 Å². The second-order valence-corrected chi connectivity index (χ2v) is 4.86. The molecule has 1 heterocycles. The summed E-state index contributed by atoms with van der Waals surface area (Å²) in [7, 11) is -3.12. The third-order valence-corrected chi connectivity index (χ3v) is 2.32. The number of rotatable bonds is 1. The van der Waals surface area contributed by atoms with E-state index in [-0.39, 0.29) is 11.8 Å². The Balaban J connectivity index is 0.000000494. The highest BCUT2D eigenvalue weighted by molar-refractivity contribution is 7.79. The standard InChI is InChI=1S/C9H14N2O2.H2O4S/c1-5-6(8(12)11-4)7(10)13-9(5,2)3;1-5(2,3)4/h10H,1-4H3,(H,11,12);(H2,1,2,3,4). The van der Waals surface area contributed by atoms with E-state index in [2.05, 4.69) is 5.32 Å².